The van der Waals surface area contributed by atoms with Gasteiger partial charge in [-0.15, -0.1) is 0 Å². The Morgan fingerprint density at radius 1 is 1.15 bits per heavy atom. The van der Waals surface area contributed by atoms with Gasteiger partial charge >= 0.3 is 5.97 Å². The van der Waals surface area contributed by atoms with Gasteiger partial charge in [0.1, 0.15) is 11.5 Å². The van der Waals surface area contributed by atoms with Crippen LogP contribution in [0.5, 0.6) is 5.75 Å². The average molecular weight is 373 g/mol. The second-order valence-corrected chi connectivity index (χ2v) is 7.54. The van der Waals surface area contributed by atoms with Gasteiger partial charge in [0.15, 0.2) is 6.10 Å². The van der Waals surface area contributed by atoms with Crippen LogP contribution in [0.4, 0.5) is 0 Å². The van der Waals surface area contributed by atoms with Crippen molar-refractivity contribution in [1.82, 2.24) is 5.32 Å². The Kier molecular flexibility index (Phi) is 6.14. The van der Waals surface area contributed by atoms with Crippen molar-refractivity contribution in [3.63, 3.8) is 0 Å². The first kappa shape index (κ1) is 19.4. The summed E-state index contributed by atoms with van der Waals surface area (Å²) in [6.07, 6.45) is 3.08. The highest BCUT2D eigenvalue weighted by molar-refractivity contribution is 5.88. The second kappa shape index (κ2) is 8.55. The zero-order valence-corrected chi connectivity index (χ0v) is 15.9. The van der Waals surface area contributed by atoms with E-state index in [-0.39, 0.29) is 29.6 Å². The maximum atomic E-state index is 12.5. The number of Topliss-reactive ketones (excluding diaryl/α,β-unsaturated/α-hetero) is 1. The highest BCUT2D eigenvalue weighted by Crippen LogP contribution is 2.40. The predicted octanol–water partition coefficient (Wildman–Crippen LogP) is 2.64. The van der Waals surface area contributed by atoms with Crippen LogP contribution in [-0.2, 0) is 25.7 Å². The predicted molar refractivity (Wildman–Crippen MR) is 99.0 cm³/mol. The number of rotatable bonds is 6. The van der Waals surface area contributed by atoms with E-state index in [9.17, 15) is 14.4 Å². The summed E-state index contributed by atoms with van der Waals surface area (Å²) in [5.74, 6) is 0.106. The molecule has 0 radical (unpaired) electrons. The third-order valence-corrected chi connectivity index (χ3v) is 5.67. The lowest BCUT2D eigenvalue weighted by molar-refractivity contribution is -0.162. The van der Waals surface area contributed by atoms with Crippen molar-refractivity contribution >= 4 is 17.7 Å². The van der Waals surface area contributed by atoms with Crippen molar-refractivity contribution in [1.29, 1.82) is 0 Å². The van der Waals surface area contributed by atoms with Crippen molar-refractivity contribution in [2.24, 2.45) is 17.8 Å². The first-order chi connectivity index (χ1) is 13.0. The van der Waals surface area contributed by atoms with Crippen molar-refractivity contribution in [2.75, 3.05) is 7.11 Å². The number of esters is 1. The van der Waals surface area contributed by atoms with Crippen LogP contribution < -0.4 is 10.1 Å². The first-order valence-corrected chi connectivity index (χ1v) is 9.62. The fraction of sp³-hybridized carbons (Fsp3) is 0.571. The maximum absolute atomic E-state index is 12.5. The minimum atomic E-state index is -0.854. The van der Waals surface area contributed by atoms with Crippen LogP contribution in [0.15, 0.2) is 24.3 Å². The highest BCUT2D eigenvalue weighted by atomic mass is 16.5. The molecule has 4 atom stereocenters. The molecule has 1 amide bonds. The van der Waals surface area contributed by atoms with Gasteiger partial charge in [0.2, 0.25) is 0 Å². The van der Waals surface area contributed by atoms with E-state index < -0.39 is 6.10 Å². The molecule has 2 bridgehead atoms. The Bertz CT molecular complexity index is 683. The largest absolute Gasteiger partial charge is 0.497 e. The highest BCUT2D eigenvalue weighted by Gasteiger charge is 2.42. The minimum Gasteiger partial charge on any atom is -0.497 e. The van der Waals surface area contributed by atoms with E-state index in [1.807, 2.05) is 24.3 Å². The lowest BCUT2D eigenvalue weighted by Crippen LogP contribution is -2.42. The van der Waals surface area contributed by atoms with E-state index in [1.54, 1.807) is 14.0 Å². The average Bonchev–Trinajstić information content (AvgIpc) is 2.66. The summed E-state index contributed by atoms with van der Waals surface area (Å²) in [5, 5.41) is 2.78. The normalized spacial score (nSPS) is 25.4. The molecular formula is C21H27NO5. The van der Waals surface area contributed by atoms with Gasteiger partial charge in [-0.2, -0.15) is 0 Å². The molecule has 2 aliphatic rings. The van der Waals surface area contributed by atoms with Gasteiger partial charge < -0.3 is 14.8 Å². The number of nitrogens with one attached hydrogen (secondary N) is 1. The van der Waals surface area contributed by atoms with Gasteiger partial charge in [0.25, 0.3) is 5.91 Å². The van der Waals surface area contributed by atoms with Crippen molar-refractivity contribution in [3.05, 3.63) is 29.8 Å². The Morgan fingerprint density at radius 3 is 2.37 bits per heavy atom. The molecule has 1 aromatic rings. The van der Waals surface area contributed by atoms with Crippen LogP contribution in [0, 0.1) is 17.8 Å². The van der Waals surface area contributed by atoms with E-state index in [2.05, 4.69) is 5.32 Å². The fourth-order valence-corrected chi connectivity index (χ4v) is 4.07. The lowest BCUT2D eigenvalue weighted by atomic mass is 9.67. The molecule has 0 aliphatic heterocycles. The number of hydrogen-bond acceptors (Lipinski definition) is 5. The summed E-state index contributed by atoms with van der Waals surface area (Å²) in [5.41, 5.74) is 0.932. The molecule has 2 fully saturated rings. The standard InChI is InChI=1S/C21H27NO5/c1-13(20(24)22-12-14-6-8-18(26-2)9-7-14)27-21(25)17-10-15-4-3-5-16(11-17)19(15)23/h6-9,13,15-17H,3-5,10-12H2,1-2H3,(H,22,24)/t13-,15-,16+,17?/m1/s1. The quantitative estimate of drug-likeness (QED) is 0.775. The van der Waals surface area contributed by atoms with Crippen molar-refractivity contribution in [2.45, 2.75) is 51.7 Å². The smallest absolute Gasteiger partial charge is 0.309 e. The number of benzene rings is 1. The molecular weight excluding hydrogens is 346 g/mol. The topological polar surface area (TPSA) is 81.7 Å². The van der Waals surface area contributed by atoms with Crippen LogP contribution in [0.3, 0.4) is 0 Å². The Balaban J connectivity index is 1.47. The van der Waals surface area contributed by atoms with E-state index in [1.165, 1.54) is 0 Å². The number of carbonyl (C=O) groups excluding carboxylic acids is 3. The molecule has 27 heavy (non-hydrogen) atoms. The third-order valence-electron chi connectivity index (χ3n) is 5.67. The zero-order valence-electron chi connectivity index (χ0n) is 15.9. The molecule has 0 saturated heterocycles. The molecule has 1 aromatic carbocycles. The summed E-state index contributed by atoms with van der Waals surface area (Å²) >= 11 is 0. The minimum absolute atomic E-state index is 0.00532. The van der Waals surface area contributed by atoms with E-state index in [4.69, 9.17) is 9.47 Å². The molecule has 6 heteroatoms. The molecule has 0 spiro atoms. The summed E-state index contributed by atoms with van der Waals surface area (Å²) in [7, 11) is 1.60. The number of ketones is 1. The van der Waals surface area contributed by atoms with Crippen LogP contribution >= 0.6 is 0 Å². The summed E-state index contributed by atoms with van der Waals surface area (Å²) in [6, 6.07) is 7.39. The number of ether oxygens (including phenoxy) is 2. The van der Waals surface area contributed by atoms with E-state index in [0.29, 0.717) is 25.2 Å². The number of fused-ring (bicyclic) bond motifs is 2. The van der Waals surface area contributed by atoms with Gasteiger partial charge in [-0.05, 0) is 50.3 Å². The van der Waals surface area contributed by atoms with Gasteiger partial charge in [0.05, 0.1) is 13.0 Å². The Morgan fingerprint density at radius 2 is 1.78 bits per heavy atom. The molecule has 2 aliphatic carbocycles. The SMILES string of the molecule is COc1ccc(CNC(=O)[C@@H](C)OC(=O)C2C[C@H]3CCC[C@@H](C2)C3=O)cc1. The molecule has 0 aromatic heterocycles. The van der Waals surface area contributed by atoms with Gasteiger partial charge in [0, 0.05) is 18.4 Å². The second-order valence-electron chi connectivity index (χ2n) is 7.54. The number of hydrogen-bond donors (Lipinski definition) is 1. The molecule has 0 heterocycles. The molecule has 1 unspecified atom stereocenters. The van der Waals surface area contributed by atoms with E-state index >= 15 is 0 Å². The van der Waals surface area contributed by atoms with E-state index in [0.717, 1.165) is 30.6 Å². The lowest BCUT2D eigenvalue weighted by Gasteiger charge is -2.36. The van der Waals surface area contributed by atoms with Crippen molar-refractivity contribution < 1.29 is 23.9 Å². The first-order valence-electron chi connectivity index (χ1n) is 9.62. The molecule has 2 saturated carbocycles. The van der Waals surface area contributed by atoms with Gasteiger partial charge in [-0.25, -0.2) is 0 Å². The monoisotopic (exact) mass is 373 g/mol. The zero-order chi connectivity index (χ0) is 19.4. The van der Waals surface area contributed by atoms with Gasteiger partial charge in [-0.3, -0.25) is 14.4 Å². The van der Waals surface area contributed by atoms with Crippen LogP contribution in [0.2, 0.25) is 0 Å². The number of methoxy groups -OCH3 is 1. The van der Waals surface area contributed by atoms with Crippen LogP contribution in [0.1, 0.15) is 44.6 Å². The molecule has 1 N–H and O–H groups in total. The van der Waals surface area contributed by atoms with Crippen LogP contribution in [0.25, 0.3) is 0 Å². The molecule has 146 valence electrons. The number of amides is 1. The molecule has 3 rings (SSSR count). The summed E-state index contributed by atoms with van der Waals surface area (Å²) < 4.78 is 10.5. The Hall–Kier alpha value is -2.37. The van der Waals surface area contributed by atoms with Crippen molar-refractivity contribution in [3.8, 4) is 5.75 Å². The summed E-state index contributed by atoms with van der Waals surface area (Å²) in [6.45, 7) is 1.93. The fourth-order valence-electron chi connectivity index (χ4n) is 4.07. The van der Waals surface area contributed by atoms with Gasteiger partial charge in [-0.1, -0.05) is 18.6 Å². The summed E-state index contributed by atoms with van der Waals surface area (Å²) in [4.78, 5) is 36.8. The Labute approximate surface area is 159 Å². The number of carbonyl (C=O) groups is 3. The molecule has 6 nitrogen and oxygen atoms in total. The van der Waals surface area contributed by atoms with Crippen LogP contribution in [-0.4, -0.2) is 30.9 Å². The maximum Gasteiger partial charge on any atom is 0.309 e. The third kappa shape index (κ3) is 4.67.